The molecule has 12 heteroatoms. The summed E-state index contributed by atoms with van der Waals surface area (Å²) < 4.78 is 39.4. The molecule has 4 aromatic carbocycles. The molecule has 49 heavy (non-hydrogen) atoms. The van der Waals surface area contributed by atoms with Crippen molar-refractivity contribution in [2.24, 2.45) is 5.92 Å². The minimum absolute atomic E-state index is 0.0731. The zero-order chi connectivity index (χ0) is 34.1. The number of oxazole rings is 1. The van der Waals surface area contributed by atoms with Crippen LogP contribution in [0.1, 0.15) is 38.9 Å². The summed E-state index contributed by atoms with van der Waals surface area (Å²) in [6.07, 6.45) is 2.47. The van der Waals surface area contributed by atoms with E-state index in [0.29, 0.717) is 77.5 Å². The molecule has 5 aromatic rings. The maximum atomic E-state index is 14.0. The molecule has 0 radical (unpaired) electrons. The van der Waals surface area contributed by atoms with E-state index in [1.54, 1.807) is 48.7 Å². The lowest BCUT2D eigenvalue weighted by Gasteiger charge is -2.36. The molecule has 0 bridgehead atoms. The number of ether oxygens (including phenoxy) is 1. The lowest BCUT2D eigenvalue weighted by molar-refractivity contribution is 0.0741. The number of rotatable bonds is 9. The summed E-state index contributed by atoms with van der Waals surface area (Å²) in [5.41, 5.74) is 2.40. The topological polar surface area (TPSA) is 87.9 Å². The van der Waals surface area contributed by atoms with Gasteiger partial charge in [-0.15, -0.1) is 0 Å². The van der Waals surface area contributed by atoms with Crippen molar-refractivity contribution in [3.8, 4) is 17.1 Å². The first kappa shape index (κ1) is 32.6. The van der Waals surface area contributed by atoms with E-state index in [1.165, 1.54) is 0 Å². The minimum atomic E-state index is -0.936. The smallest absolute Gasteiger partial charge is 0.258 e. The maximum Gasteiger partial charge on any atom is 0.258 e. The fourth-order valence-corrected chi connectivity index (χ4v) is 6.28. The molecule has 1 saturated heterocycles. The largest absolute Gasteiger partial charge is 0.492 e. The number of anilines is 2. The van der Waals surface area contributed by atoms with Crippen molar-refractivity contribution in [1.82, 2.24) is 9.88 Å². The van der Waals surface area contributed by atoms with Crippen LogP contribution < -0.4 is 15.0 Å². The molecular formula is C37H30Cl2F2N4O4. The summed E-state index contributed by atoms with van der Waals surface area (Å²) in [5.74, 6) is -0.622. The van der Waals surface area contributed by atoms with Gasteiger partial charge in [0.25, 0.3) is 11.8 Å². The van der Waals surface area contributed by atoms with Crippen LogP contribution in [0.4, 0.5) is 20.2 Å². The summed E-state index contributed by atoms with van der Waals surface area (Å²) in [6, 6.07) is 22.4. The van der Waals surface area contributed by atoms with Crippen LogP contribution in [0.2, 0.25) is 10.0 Å². The first-order valence-corrected chi connectivity index (χ1v) is 16.5. The second-order valence-corrected chi connectivity index (χ2v) is 12.9. The van der Waals surface area contributed by atoms with Gasteiger partial charge in [-0.3, -0.25) is 9.59 Å². The number of carbonyl (C=O) groups is 2. The van der Waals surface area contributed by atoms with E-state index in [-0.39, 0.29) is 23.3 Å². The van der Waals surface area contributed by atoms with Crippen LogP contribution >= 0.6 is 23.2 Å². The average molecular weight is 704 g/mol. The SMILES string of the molecule is O=C(Nc1ccc(-c2cnc(C3CC3COc3ccc(Cl)cc3C(=O)N3CCN(c4cccc(Cl)c4)CC3)o2)cc1)c1ccc(F)cc1F. The van der Waals surface area contributed by atoms with Gasteiger partial charge in [-0.1, -0.05) is 29.3 Å². The van der Waals surface area contributed by atoms with Crippen LogP contribution in [0.3, 0.4) is 0 Å². The molecule has 1 aromatic heterocycles. The van der Waals surface area contributed by atoms with Crippen LogP contribution in [0.5, 0.6) is 5.75 Å². The molecular weight excluding hydrogens is 673 g/mol. The predicted octanol–water partition coefficient (Wildman–Crippen LogP) is 8.32. The summed E-state index contributed by atoms with van der Waals surface area (Å²) in [6.45, 7) is 2.87. The number of carbonyl (C=O) groups excluding carboxylic acids is 2. The normalized spacial score (nSPS) is 17.1. The van der Waals surface area contributed by atoms with Gasteiger partial charge in [0, 0.05) is 71.1 Å². The van der Waals surface area contributed by atoms with Gasteiger partial charge in [0.1, 0.15) is 17.4 Å². The number of piperazine rings is 1. The highest BCUT2D eigenvalue weighted by molar-refractivity contribution is 6.31. The van der Waals surface area contributed by atoms with Gasteiger partial charge in [-0.05, 0) is 79.2 Å². The first-order valence-electron chi connectivity index (χ1n) is 15.8. The lowest BCUT2D eigenvalue weighted by Crippen LogP contribution is -2.48. The van der Waals surface area contributed by atoms with E-state index in [9.17, 15) is 18.4 Å². The summed E-state index contributed by atoms with van der Waals surface area (Å²) in [7, 11) is 0. The Morgan fingerprint density at radius 1 is 0.898 bits per heavy atom. The van der Waals surface area contributed by atoms with Gasteiger partial charge >= 0.3 is 0 Å². The average Bonchev–Trinajstić information content (AvgIpc) is 3.71. The lowest BCUT2D eigenvalue weighted by atomic mass is 10.1. The predicted molar refractivity (Wildman–Crippen MR) is 184 cm³/mol. The van der Waals surface area contributed by atoms with Crippen LogP contribution in [-0.2, 0) is 0 Å². The van der Waals surface area contributed by atoms with Gasteiger partial charge in [-0.2, -0.15) is 0 Å². The monoisotopic (exact) mass is 702 g/mol. The number of nitrogens with one attached hydrogen (secondary N) is 1. The number of hydrogen-bond donors (Lipinski definition) is 1. The van der Waals surface area contributed by atoms with E-state index in [0.717, 1.165) is 29.8 Å². The van der Waals surface area contributed by atoms with Crippen LogP contribution in [-0.4, -0.2) is 54.5 Å². The molecule has 2 amide bonds. The van der Waals surface area contributed by atoms with Gasteiger partial charge in [0.05, 0.1) is 23.9 Å². The molecule has 1 aliphatic carbocycles. The Hall–Kier alpha value is -4.93. The van der Waals surface area contributed by atoms with Crippen LogP contribution in [0.25, 0.3) is 11.3 Å². The third-order valence-corrected chi connectivity index (χ3v) is 9.20. The van der Waals surface area contributed by atoms with Crippen molar-refractivity contribution in [3.63, 3.8) is 0 Å². The van der Waals surface area contributed by atoms with Crippen LogP contribution in [0.15, 0.2) is 95.5 Å². The molecule has 2 fully saturated rings. The van der Waals surface area contributed by atoms with Crippen molar-refractivity contribution in [2.45, 2.75) is 12.3 Å². The number of aromatic nitrogens is 1. The number of nitrogens with zero attached hydrogens (tertiary/aromatic N) is 3. The Morgan fingerprint density at radius 2 is 1.67 bits per heavy atom. The van der Waals surface area contributed by atoms with Crippen molar-refractivity contribution >= 4 is 46.4 Å². The first-order chi connectivity index (χ1) is 23.7. The van der Waals surface area contributed by atoms with Crippen molar-refractivity contribution in [2.75, 3.05) is 43.0 Å². The zero-order valence-corrected chi connectivity index (χ0v) is 27.6. The summed E-state index contributed by atoms with van der Waals surface area (Å²) in [5, 5.41) is 3.75. The third-order valence-electron chi connectivity index (χ3n) is 8.73. The molecule has 2 aliphatic rings. The molecule has 2 heterocycles. The standard InChI is InChI=1S/C37H30Cl2F2N4O4/c38-24-2-1-3-28(17-24)44-12-14-45(15-13-44)37(47)31-18-25(39)6-11-33(31)48-21-23-16-30(23)36-42-20-34(49-36)22-4-8-27(9-5-22)43-35(46)29-10-7-26(40)19-32(29)41/h1-11,17-20,23,30H,12-16,21H2,(H,43,46). The van der Waals surface area contributed by atoms with Gasteiger partial charge in [0.2, 0.25) is 0 Å². The van der Waals surface area contributed by atoms with E-state index < -0.39 is 17.5 Å². The van der Waals surface area contributed by atoms with Crippen LogP contribution in [0, 0.1) is 17.6 Å². The molecule has 8 nitrogen and oxygen atoms in total. The quantitative estimate of drug-likeness (QED) is 0.166. The molecule has 1 saturated carbocycles. The van der Waals surface area contributed by atoms with E-state index in [1.807, 2.05) is 29.2 Å². The fraction of sp³-hybridized carbons (Fsp3) is 0.216. The van der Waals surface area contributed by atoms with Gasteiger partial charge in [-0.25, -0.2) is 13.8 Å². The Balaban J connectivity index is 0.934. The minimum Gasteiger partial charge on any atom is -0.492 e. The number of halogens is 4. The van der Waals surface area contributed by atoms with E-state index in [2.05, 4.69) is 15.2 Å². The number of benzene rings is 4. The van der Waals surface area contributed by atoms with E-state index in [4.69, 9.17) is 32.4 Å². The summed E-state index contributed by atoms with van der Waals surface area (Å²) in [4.78, 5) is 34.5. The van der Waals surface area contributed by atoms with Crippen molar-refractivity contribution in [3.05, 3.63) is 130 Å². The van der Waals surface area contributed by atoms with Gasteiger partial charge < -0.3 is 24.3 Å². The maximum absolute atomic E-state index is 14.0. The molecule has 250 valence electrons. The Bertz CT molecular complexity index is 2010. The Labute approximate surface area is 291 Å². The second kappa shape index (κ2) is 13.9. The molecule has 7 rings (SSSR count). The summed E-state index contributed by atoms with van der Waals surface area (Å²) >= 11 is 12.5. The van der Waals surface area contributed by atoms with Crippen molar-refractivity contribution < 1.29 is 27.5 Å². The van der Waals surface area contributed by atoms with Crippen molar-refractivity contribution in [1.29, 1.82) is 0 Å². The molecule has 2 atom stereocenters. The Morgan fingerprint density at radius 3 is 2.43 bits per heavy atom. The molecule has 1 N–H and O–H groups in total. The third kappa shape index (κ3) is 7.40. The molecule has 2 unspecified atom stereocenters. The highest BCUT2D eigenvalue weighted by Gasteiger charge is 2.43. The zero-order valence-electron chi connectivity index (χ0n) is 26.0. The Kier molecular flexibility index (Phi) is 9.25. The highest BCUT2D eigenvalue weighted by atomic mass is 35.5. The second-order valence-electron chi connectivity index (χ2n) is 12.0. The molecule has 0 spiro atoms. The highest BCUT2D eigenvalue weighted by Crippen LogP contribution is 2.48. The van der Waals surface area contributed by atoms with E-state index >= 15 is 0 Å². The number of amides is 2. The van der Waals surface area contributed by atoms with Gasteiger partial charge in [0.15, 0.2) is 11.7 Å². The molecule has 1 aliphatic heterocycles. The number of hydrogen-bond acceptors (Lipinski definition) is 6. The fourth-order valence-electron chi connectivity index (χ4n) is 5.92.